The molecule has 0 saturated heterocycles. The van der Waals surface area contributed by atoms with Crippen LogP contribution in [0.15, 0.2) is 58.9 Å². The summed E-state index contributed by atoms with van der Waals surface area (Å²) >= 11 is 7.69. The van der Waals surface area contributed by atoms with Gasteiger partial charge in [-0.25, -0.2) is 13.9 Å². The Morgan fingerprint density at radius 3 is 2.68 bits per heavy atom. The van der Waals surface area contributed by atoms with Gasteiger partial charge in [0, 0.05) is 17.0 Å². The Morgan fingerprint density at radius 2 is 1.97 bits per heavy atom. The fraction of sp³-hybridized carbons (Fsp3) is 0.370. The molecule has 0 aliphatic carbocycles. The highest BCUT2D eigenvalue weighted by molar-refractivity contribution is 7.99. The molecule has 1 N–H and O–H groups in total. The van der Waals surface area contributed by atoms with E-state index in [1.807, 2.05) is 26.0 Å². The maximum absolute atomic E-state index is 14.1. The number of nitrogens with one attached hydrogen (secondary N) is 1. The summed E-state index contributed by atoms with van der Waals surface area (Å²) in [6.45, 7) is 6.34. The predicted molar refractivity (Wildman–Crippen MR) is 144 cm³/mol. The number of fused-ring (bicyclic) bond motifs is 1. The molecule has 1 aliphatic heterocycles. The van der Waals surface area contributed by atoms with Crippen molar-refractivity contribution >= 4 is 35.3 Å². The molecule has 4 rings (SSSR count). The molecule has 0 saturated carbocycles. The number of anilines is 1. The zero-order chi connectivity index (χ0) is 26.4. The van der Waals surface area contributed by atoms with E-state index < -0.39 is 11.9 Å². The van der Waals surface area contributed by atoms with Crippen molar-refractivity contribution in [1.29, 1.82) is 0 Å². The minimum Gasteiger partial charge on any atom is -0.489 e. The first-order valence-corrected chi connectivity index (χ1v) is 13.7. The summed E-state index contributed by atoms with van der Waals surface area (Å²) in [6, 6.07) is 11.3. The number of carbonyl (C=O) groups excluding carboxylic acids is 1. The highest BCUT2D eigenvalue weighted by atomic mass is 35.5. The Hall–Kier alpha value is -3.04. The maximum Gasteiger partial charge on any atom is 0.338 e. The highest BCUT2D eigenvalue weighted by Gasteiger charge is 2.35. The molecule has 1 aromatic heterocycles. The largest absolute Gasteiger partial charge is 0.489 e. The molecule has 1 atom stereocenters. The summed E-state index contributed by atoms with van der Waals surface area (Å²) < 4.78 is 27.2. The molecule has 3 aromatic rings. The van der Waals surface area contributed by atoms with Gasteiger partial charge in [0.15, 0.2) is 0 Å². The van der Waals surface area contributed by atoms with Gasteiger partial charge in [0.25, 0.3) is 0 Å². The average Bonchev–Trinajstić information content (AvgIpc) is 3.29. The van der Waals surface area contributed by atoms with Crippen molar-refractivity contribution in [1.82, 2.24) is 14.8 Å². The molecule has 0 fully saturated rings. The number of hydrogen-bond acceptors (Lipinski definition) is 7. The van der Waals surface area contributed by atoms with E-state index in [1.54, 1.807) is 40.7 Å². The Morgan fingerprint density at radius 1 is 1.19 bits per heavy atom. The Balaban J connectivity index is 1.62. The summed E-state index contributed by atoms with van der Waals surface area (Å²) in [4.78, 5) is 17.8. The number of rotatable bonds is 11. The van der Waals surface area contributed by atoms with Crippen molar-refractivity contribution in [2.45, 2.75) is 57.8 Å². The molecular formula is C27H30ClFN4O3S. The molecule has 0 radical (unpaired) electrons. The van der Waals surface area contributed by atoms with E-state index in [9.17, 15) is 9.18 Å². The van der Waals surface area contributed by atoms with Crippen LogP contribution in [0.1, 0.15) is 57.2 Å². The number of unbranched alkanes of at least 4 members (excludes halogenated alkanes) is 1. The standard InChI is InChI=1S/C27H30ClFN4O3S/c1-4-6-14-35-25(34)23-17(3)30-26-31-27(37-15-5-2)32-33(26)24(23)18-10-12-19(13-11-18)36-16-20-21(28)8-7-9-22(20)29/h7-13,24H,4-6,14-16H2,1-3H3,(H,30,31,32). The van der Waals surface area contributed by atoms with Crippen molar-refractivity contribution in [3.05, 3.63) is 75.7 Å². The fourth-order valence-corrected chi connectivity index (χ4v) is 4.82. The normalized spacial score (nSPS) is 14.8. The number of thioether (sulfide) groups is 1. The number of esters is 1. The number of benzene rings is 2. The van der Waals surface area contributed by atoms with Crippen LogP contribution in [0.25, 0.3) is 0 Å². The van der Waals surface area contributed by atoms with Gasteiger partial charge in [-0.1, -0.05) is 61.8 Å². The summed E-state index contributed by atoms with van der Waals surface area (Å²) in [5.41, 5.74) is 2.27. The second-order valence-electron chi connectivity index (χ2n) is 8.62. The second kappa shape index (κ2) is 12.5. The number of aromatic nitrogens is 3. The number of carbonyl (C=O) groups is 1. The Kier molecular flexibility index (Phi) is 9.10. The third-order valence-electron chi connectivity index (χ3n) is 5.86. The number of hydrogen-bond donors (Lipinski definition) is 1. The Bertz CT molecular complexity index is 1260. The quantitative estimate of drug-likeness (QED) is 0.162. The smallest absolute Gasteiger partial charge is 0.338 e. The topological polar surface area (TPSA) is 78.3 Å². The average molecular weight is 545 g/mol. The van der Waals surface area contributed by atoms with E-state index in [-0.39, 0.29) is 12.6 Å². The van der Waals surface area contributed by atoms with Crippen molar-refractivity contribution in [2.75, 3.05) is 17.7 Å². The summed E-state index contributed by atoms with van der Waals surface area (Å²) in [7, 11) is 0. The van der Waals surface area contributed by atoms with Gasteiger partial charge in [-0.05, 0) is 49.6 Å². The third kappa shape index (κ3) is 6.27. The second-order valence-corrected chi connectivity index (χ2v) is 10.1. The van der Waals surface area contributed by atoms with E-state index in [0.717, 1.165) is 30.6 Å². The lowest BCUT2D eigenvalue weighted by Gasteiger charge is -2.28. The van der Waals surface area contributed by atoms with Gasteiger partial charge in [-0.15, -0.1) is 5.10 Å². The van der Waals surface area contributed by atoms with Crippen LogP contribution in [0.4, 0.5) is 10.3 Å². The molecule has 1 aliphatic rings. The van der Waals surface area contributed by atoms with E-state index in [0.29, 0.717) is 45.3 Å². The van der Waals surface area contributed by atoms with Gasteiger partial charge < -0.3 is 14.8 Å². The van der Waals surface area contributed by atoms with E-state index >= 15 is 0 Å². The van der Waals surface area contributed by atoms with Crippen LogP contribution in [0.2, 0.25) is 5.02 Å². The van der Waals surface area contributed by atoms with Crippen LogP contribution in [0, 0.1) is 5.82 Å². The van der Waals surface area contributed by atoms with Crippen LogP contribution in [0.5, 0.6) is 5.75 Å². The van der Waals surface area contributed by atoms with E-state index in [4.69, 9.17) is 26.2 Å². The van der Waals surface area contributed by atoms with Gasteiger partial charge in [0.05, 0.1) is 17.2 Å². The van der Waals surface area contributed by atoms with Crippen LogP contribution in [-0.2, 0) is 16.1 Å². The van der Waals surface area contributed by atoms with Crippen LogP contribution in [-0.4, -0.2) is 33.1 Å². The van der Waals surface area contributed by atoms with Crippen LogP contribution >= 0.6 is 23.4 Å². The molecule has 37 heavy (non-hydrogen) atoms. The van der Waals surface area contributed by atoms with Gasteiger partial charge in [0.2, 0.25) is 11.1 Å². The van der Waals surface area contributed by atoms with Crippen molar-refractivity contribution in [3.8, 4) is 5.75 Å². The van der Waals surface area contributed by atoms with Crippen LogP contribution < -0.4 is 10.1 Å². The fourth-order valence-electron chi connectivity index (χ4n) is 3.92. The first kappa shape index (κ1) is 27.0. The van der Waals surface area contributed by atoms with E-state index in [1.165, 1.54) is 6.07 Å². The predicted octanol–water partition coefficient (Wildman–Crippen LogP) is 6.78. The van der Waals surface area contributed by atoms with Gasteiger partial charge in [-0.3, -0.25) is 0 Å². The molecule has 1 unspecified atom stereocenters. The molecule has 2 heterocycles. The zero-order valence-electron chi connectivity index (χ0n) is 21.1. The molecule has 10 heteroatoms. The lowest BCUT2D eigenvalue weighted by Crippen LogP contribution is -2.29. The first-order chi connectivity index (χ1) is 17.9. The zero-order valence-corrected chi connectivity index (χ0v) is 22.7. The van der Waals surface area contributed by atoms with Gasteiger partial charge >= 0.3 is 5.97 Å². The number of nitrogens with zero attached hydrogens (tertiary/aromatic N) is 3. The summed E-state index contributed by atoms with van der Waals surface area (Å²) in [5.74, 6) is 1.20. The molecule has 0 bridgehead atoms. The highest BCUT2D eigenvalue weighted by Crippen LogP contribution is 2.37. The first-order valence-electron chi connectivity index (χ1n) is 12.3. The third-order valence-corrected chi connectivity index (χ3v) is 7.26. The molecule has 7 nitrogen and oxygen atoms in total. The minimum absolute atomic E-state index is 0.00253. The number of allylic oxidation sites excluding steroid dienone is 1. The Labute approximate surface area is 225 Å². The van der Waals surface area contributed by atoms with Gasteiger partial charge in [-0.2, -0.15) is 4.98 Å². The molecular weight excluding hydrogens is 515 g/mol. The van der Waals surface area contributed by atoms with Crippen molar-refractivity contribution in [2.24, 2.45) is 0 Å². The summed E-state index contributed by atoms with van der Waals surface area (Å²) in [5, 5.41) is 8.88. The minimum atomic E-state index is -0.524. The maximum atomic E-state index is 14.1. The monoisotopic (exact) mass is 544 g/mol. The molecule has 0 spiro atoms. The van der Waals surface area contributed by atoms with E-state index in [2.05, 4.69) is 17.2 Å². The number of halogens is 2. The SMILES string of the molecule is CCCCOC(=O)C1=C(C)Nc2nc(SCCC)nn2C1c1ccc(OCc2c(F)cccc2Cl)cc1. The lowest BCUT2D eigenvalue weighted by molar-refractivity contribution is -0.139. The number of ether oxygens (including phenoxy) is 2. The molecule has 0 amide bonds. The van der Waals surface area contributed by atoms with Crippen molar-refractivity contribution in [3.63, 3.8) is 0 Å². The van der Waals surface area contributed by atoms with Crippen molar-refractivity contribution < 1.29 is 18.7 Å². The van der Waals surface area contributed by atoms with Gasteiger partial charge in [0.1, 0.15) is 24.2 Å². The molecule has 2 aromatic carbocycles. The summed E-state index contributed by atoms with van der Waals surface area (Å²) in [6.07, 6.45) is 2.72. The molecule has 196 valence electrons. The lowest BCUT2D eigenvalue weighted by atomic mass is 9.96. The van der Waals surface area contributed by atoms with Crippen LogP contribution in [0.3, 0.4) is 0 Å².